The highest BCUT2D eigenvalue weighted by Gasteiger charge is 2.25. The van der Waals surface area contributed by atoms with Gasteiger partial charge in [0, 0.05) is 29.8 Å². The molecule has 1 aromatic heterocycles. The Labute approximate surface area is 188 Å². The van der Waals surface area contributed by atoms with Crippen LogP contribution < -0.4 is 4.74 Å². The van der Waals surface area contributed by atoms with Crippen LogP contribution in [0.1, 0.15) is 11.3 Å². The number of ether oxygens (including phenoxy) is 1. The van der Waals surface area contributed by atoms with Crippen molar-refractivity contribution in [2.75, 3.05) is 14.1 Å². The Balaban J connectivity index is 0.00000300. The van der Waals surface area contributed by atoms with Gasteiger partial charge in [-0.1, -0.05) is 18.2 Å². The molecule has 1 heterocycles. The monoisotopic (exact) mass is 500 g/mol. The van der Waals surface area contributed by atoms with Crippen molar-refractivity contribution in [3.05, 3.63) is 52.1 Å². The summed E-state index contributed by atoms with van der Waals surface area (Å²) in [6.07, 6.45) is -1.38. The van der Waals surface area contributed by atoms with E-state index in [1.807, 2.05) is 60.9 Å². The molecule has 0 fully saturated rings. The van der Waals surface area contributed by atoms with Crippen LogP contribution >= 0.6 is 40.1 Å². The number of halogens is 2. The minimum atomic E-state index is -1.38. The number of phenolic OH excluding ortho intramolecular Hbond substituents is 1. The second kappa shape index (κ2) is 9.75. The van der Waals surface area contributed by atoms with E-state index in [0.29, 0.717) is 27.7 Å². The zero-order valence-electron chi connectivity index (χ0n) is 16.2. The van der Waals surface area contributed by atoms with Gasteiger partial charge in [0.2, 0.25) is 0 Å². The Hall–Kier alpha value is -1.87. The van der Waals surface area contributed by atoms with Gasteiger partial charge in [0.25, 0.3) is 0 Å². The molecule has 29 heavy (non-hydrogen) atoms. The largest absolute Gasteiger partial charge is 0.511 e. The molecule has 156 valence electrons. The first-order valence-electron chi connectivity index (χ1n) is 8.54. The van der Waals surface area contributed by atoms with Crippen LogP contribution in [0.4, 0.5) is 4.79 Å². The fourth-order valence-corrected chi connectivity index (χ4v) is 4.57. The lowest BCUT2D eigenvalue weighted by molar-refractivity contribution is 0.144. The molecule has 2 aromatic carbocycles. The summed E-state index contributed by atoms with van der Waals surface area (Å²) in [5.74, 6) is 0.884. The van der Waals surface area contributed by atoms with Crippen molar-refractivity contribution in [3.63, 3.8) is 0 Å². The van der Waals surface area contributed by atoms with E-state index in [2.05, 4.69) is 15.9 Å². The van der Waals surface area contributed by atoms with Crippen LogP contribution in [0.3, 0.4) is 0 Å². The van der Waals surface area contributed by atoms with Crippen molar-refractivity contribution in [1.29, 1.82) is 0 Å². The first kappa shape index (κ1) is 23.4. The van der Waals surface area contributed by atoms with E-state index in [0.717, 1.165) is 16.1 Å². The Morgan fingerprint density at radius 1 is 1.28 bits per heavy atom. The molecule has 0 aliphatic carbocycles. The van der Waals surface area contributed by atoms with Gasteiger partial charge in [-0.25, -0.2) is 4.79 Å². The standard InChI is InChI=1S/C20H21BrN2O4S.ClH/c1-22(2)10-13-17-15(9-14(21)18(13)24)23(3)16(19(17)27-20(25)26)11-28-12-7-5-4-6-8-12;/h4-9,24H,10-11H2,1-3H3,(H,25,26);1H. The zero-order chi connectivity index (χ0) is 20.4. The average Bonchev–Trinajstić information content (AvgIpc) is 2.88. The quantitative estimate of drug-likeness (QED) is 0.344. The Morgan fingerprint density at radius 3 is 2.52 bits per heavy atom. The summed E-state index contributed by atoms with van der Waals surface area (Å²) in [5, 5.41) is 20.6. The number of fused-ring (bicyclic) bond motifs is 1. The molecule has 6 nitrogen and oxygen atoms in total. The molecule has 0 bridgehead atoms. The highest BCUT2D eigenvalue weighted by atomic mass is 79.9. The summed E-state index contributed by atoms with van der Waals surface area (Å²) < 4.78 is 7.70. The van der Waals surface area contributed by atoms with Gasteiger partial charge in [-0.3, -0.25) is 0 Å². The number of hydrogen-bond acceptors (Lipinski definition) is 5. The van der Waals surface area contributed by atoms with Crippen molar-refractivity contribution in [2.45, 2.75) is 17.2 Å². The number of aromatic nitrogens is 1. The smallest absolute Gasteiger partial charge is 0.506 e. The number of aryl methyl sites for hydroxylation is 1. The number of carboxylic acid groups (broad SMARTS) is 1. The number of nitrogens with zero attached hydrogens (tertiary/aromatic N) is 2. The molecular weight excluding hydrogens is 480 g/mol. The zero-order valence-corrected chi connectivity index (χ0v) is 19.4. The lowest BCUT2D eigenvalue weighted by Gasteiger charge is -2.14. The number of phenols is 1. The number of thioether (sulfide) groups is 1. The molecule has 0 atom stereocenters. The molecule has 3 rings (SSSR count). The maximum Gasteiger partial charge on any atom is 0.511 e. The molecule has 0 unspecified atom stereocenters. The van der Waals surface area contributed by atoms with Gasteiger partial charge >= 0.3 is 6.16 Å². The third-order valence-electron chi connectivity index (χ3n) is 4.37. The third kappa shape index (κ3) is 5.01. The molecule has 0 saturated carbocycles. The second-order valence-electron chi connectivity index (χ2n) is 6.62. The lowest BCUT2D eigenvalue weighted by atomic mass is 10.1. The normalized spacial score (nSPS) is 10.9. The molecule has 0 saturated heterocycles. The van der Waals surface area contributed by atoms with E-state index in [1.165, 1.54) is 0 Å². The van der Waals surface area contributed by atoms with Gasteiger partial charge in [0.05, 0.1) is 21.1 Å². The van der Waals surface area contributed by atoms with E-state index < -0.39 is 6.16 Å². The maximum atomic E-state index is 11.4. The van der Waals surface area contributed by atoms with Crippen LogP contribution in [0.2, 0.25) is 0 Å². The molecule has 3 aromatic rings. The van der Waals surface area contributed by atoms with Crippen LogP contribution in [0.5, 0.6) is 11.5 Å². The molecule has 0 aliphatic heterocycles. The van der Waals surface area contributed by atoms with Gasteiger partial charge in [0.1, 0.15) is 5.75 Å². The van der Waals surface area contributed by atoms with E-state index in [1.54, 1.807) is 17.8 Å². The van der Waals surface area contributed by atoms with Crippen molar-refractivity contribution < 1.29 is 19.7 Å². The molecule has 2 N–H and O–H groups in total. The van der Waals surface area contributed by atoms with E-state index in [-0.39, 0.29) is 23.9 Å². The van der Waals surface area contributed by atoms with Gasteiger partial charge in [-0.2, -0.15) is 0 Å². The Kier molecular flexibility index (Phi) is 7.87. The van der Waals surface area contributed by atoms with Gasteiger partial charge < -0.3 is 24.4 Å². The summed E-state index contributed by atoms with van der Waals surface area (Å²) in [6, 6.07) is 11.7. The first-order chi connectivity index (χ1) is 13.3. The van der Waals surface area contributed by atoms with Crippen molar-refractivity contribution in [1.82, 2.24) is 9.47 Å². The predicted octanol–water partition coefficient (Wildman–Crippen LogP) is 5.48. The Bertz CT molecular complexity index is 1020. The summed E-state index contributed by atoms with van der Waals surface area (Å²) in [6.45, 7) is 0.438. The fourth-order valence-electron chi connectivity index (χ4n) is 3.14. The lowest BCUT2D eigenvalue weighted by Crippen LogP contribution is -2.12. The predicted molar refractivity (Wildman–Crippen MR) is 122 cm³/mol. The van der Waals surface area contributed by atoms with E-state index in [9.17, 15) is 15.0 Å². The summed E-state index contributed by atoms with van der Waals surface area (Å²) in [4.78, 5) is 14.4. The summed E-state index contributed by atoms with van der Waals surface area (Å²) in [7, 11) is 5.65. The number of rotatable bonds is 6. The number of benzene rings is 2. The second-order valence-corrected chi connectivity index (χ2v) is 8.53. The highest BCUT2D eigenvalue weighted by molar-refractivity contribution is 9.10. The average molecular weight is 502 g/mol. The van der Waals surface area contributed by atoms with Crippen LogP contribution in [0.15, 0.2) is 45.8 Å². The minimum absolute atomic E-state index is 0. The van der Waals surface area contributed by atoms with Crippen LogP contribution in [-0.4, -0.2) is 39.9 Å². The number of hydrogen-bond donors (Lipinski definition) is 2. The van der Waals surface area contributed by atoms with Crippen LogP contribution in [-0.2, 0) is 19.3 Å². The molecular formula is C20H22BrClN2O4S. The highest BCUT2D eigenvalue weighted by Crippen LogP contribution is 2.44. The first-order valence-corrected chi connectivity index (χ1v) is 10.3. The number of aromatic hydroxyl groups is 1. The van der Waals surface area contributed by atoms with E-state index in [4.69, 9.17) is 4.74 Å². The molecule has 0 radical (unpaired) electrons. The summed E-state index contributed by atoms with van der Waals surface area (Å²) >= 11 is 5.00. The van der Waals surface area contributed by atoms with Crippen LogP contribution in [0, 0.1) is 0 Å². The molecule has 0 amide bonds. The van der Waals surface area contributed by atoms with E-state index >= 15 is 0 Å². The third-order valence-corrected chi connectivity index (χ3v) is 6.00. The molecule has 0 spiro atoms. The summed E-state index contributed by atoms with van der Waals surface area (Å²) in [5.41, 5.74) is 2.15. The maximum absolute atomic E-state index is 11.4. The van der Waals surface area contributed by atoms with Crippen molar-refractivity contribution in [3.8, 4) is 11.5 Å². The minimum Gasteiger partial charge on any atom is -0.506 e. The van der Waals surface area contributed by atoms with Gasteiger partial charge in [-0.05, 0) is 48.2 Å². The Morgan fingerprint density at radius 2 is 1.93 bits per heavy atom. The molecule has 9 heteroatoms. The fraction of sp³-hybridized carbons (Fsp3) is 0.250. The van der Waals surface area contributed by atoms with Crippen molar-refractivity contribution in [2.24, 2.45) is 7.05 Å². The molecule has 0 aliphatic rings. The van der Waals surface area contributed by atoms with Crippen LogP contribution in [0.25, 0.3) is 10.9 Å². The topological polar surface area (TPSA) is 74.9 Å². The van der Waals surface area contributed by atoms with Crippen molar-refractivity contribution >= 4 is 57.2 Å². The van der Waals surface area contributed by atoms with Gasteiger partial charge in [0.15, 0.2) is 5.75 Å². The number of carbonyl (C=O) groups is 1. The SMILES string of the molecule is CN(C)Cc1c(O)c(Br)cc2c1c(OC(=O)O)c(CSc1ccccc1)n2C.Cl. The van der Waals surface area contributed by atoms with Gasteiger partial charge in [-0.15, -0.1) is 24.2 Å².